The summed E-state index contributed by atoms with van der Waals surface area (Å²) in [4.78, 5) is 16.0. The maximum Gasteiger partial charge on any atom is 0.248 e. The number of rotatable bonds is 1. The molecule has 82 valence electrons. The minimum absolute atomic E-state index is 0.112. The van der Waals surface area contributed by atoms with Crippen LogP contribution in [-0.4, -0.2) is 46.7 Å². The smallest absolute Gasteiger partial charge is 0.248 e. The van der Waals surface area contributed by atoms with Gasteiger partial charge in [0.1, 0.15) is 5.82 Å². The molecule has 0 aliphatic carbocycles. The van der Waals surface area contributed by atoms with Crippen LogP contribution in [0.5, 0.6) is 0 Å². The first kappa shape index (κ1) is 10.2. The normalized spacial score (nSPS) is 22.1. The van der Waals surface area contributed by atoms with Gasteiger partial charge in [0.25, 0.3) is 0 Å². The molecule has 2 heterocycles. The second kappa shape index (κ2) is 3.34. The topological polar surface area (TPSA) is 52.2 Å². The number of hydrogen-bond donors (Lipinski definition) is 1. The van der Waals surface area contributed by atoms with Crippen molar-refractivity contribution in [3.05, 3.63) is 12.3 Å². The molecule has 1 amide bonds. The highest BCUT2D eigenvalue weighted by molar-refractivity contribution is 5.99. The van der Waals surface area contributed by atoms with E-state index < -0.39 is 5.54 Å². The van der Waals surface area contributed by atoms with Crippen molar-refractivity contribution in [1.82, 2.24) is 15.1 Å². The predicted octanol–water partition coefficient (Wildman–Crippen LogP) is 0.467. The van der Waals surface area contributed by atoms with Gasteiger partial charge in [-0.05, 0) is 20.9 Å². The van der Waals surface area contributed by atoms with Crippen molar-refractivity contribution in [1.29, 1.82) is 0 Å². The highest BCUT2D eigenvalue weighted by atomic mass is 16.2. The molecule has 1 aliphatic rings. The van der Waals surface area contributed by atoms with E-state index in [-0.39, 0.29) is 5.91 Å². The van der Waals surface area contributed by atoms with Crippen molar-refractivity contribution in [2.24, 2.45) is 0 Å². The first-order chi connectivity index (χ1) is 7.03. The standard InChI is InChI=1S/C10H16N4O/c1-10(2)9(15)14(7-6-13(10)3)8-4-5-11-12-8/h4-5H,6-7H2,1-3H3,(H,11,12). The van der Waals surface area contributed by atoms with Crippen molar-refractivity contribution in [3.63, 3.8) is 0 Å². The molecular weight excluding hydrogens is 192 g/mol. The molecule has 15 heavy (non-hydrogen) atoms. The molecular formula is C10H16N4O. The molecule has 1 saturated heterocycles. The van der Waals surface area contributed by atoms with E-state index in [4.69, 9.17) is 0 Å². The fourth-order valence-electron chi connectivity index (χ4n) is 1.75. The van der Waals surface area contributed by atoms with Gasteiger partial charge in [0.05, 0.1) is 11.7 Å². The Morgan fingerprint density at radius 2 is 2.20 bits per heavy atom. The molecule has 0 spiro atoms. The fourth-order valence-corrected chi connectivity index (χ4v) is 1.75. The molecule has 0 aromatic carbocycles. The summed E-state index contributed by atoms with van der Waals surface area (Å²) >= 11 is 0. The Morgan fingerprint density at radius 3 is 2.80 bits per heavy atom. The zero-order valence-electron chi connectivity index (χ0n) is 9.32. The van der Waals surface area contributed by atoms with Crippen LogP contribution in [0.25, 0.3) is 0 Å². The molecule has 2 rings (SSSR count). The van der Waals surface area contributed by atoms with Gasteiger partial charge in [-0.3, -0.25) is 19.7 Å². The van der Waals surface area contributed by atoms with Crippen molar-refractivity contribution >= 4 is 11.7 Å². The summed E-state index contributed by atoms with van der Waals surface area (Å²) in [5.41, 5.74) is -0.441. The summed E-state index contributed by atoms with van der Waals surface area (Å²) in [6.07, 6.45) is 1.66. The highest BCUT2D eigenvalue weighted by Crippen LogP contribution is 2.23. The number of amides is 1. The molecule has 0 saturated carbocycles. The summed E-state index contributed by atoms with van der Waals surface area (Å²) < 4.78 is 0. The van der Waals surface area contributed by atoms with Crippen molar-refractivity contribution in [2.45, 2.75) is 19.4 Å². The average Bonchev–Trinajstić information content (AvgIpc) is 2.68. The summed E-state index contributed by atoms with van der Waals surface area (Å²) in [6, 6.07) is 1.82. The summed E-state index contributed by atoms with van der Waals surface area (Å²) in [7, 11) is 1.97. The largest absolute Gasteiger partial charge is 0.294 e. The lowest BCUT2D eigenvalue weighted by Gasteiger charge is -2.43. The Hall–Kier alpha value is -1.36. The van der Waals surface area contributed by atoms with E-state index in [1.807, 2.05) is 27.0 Å². The third-order valence-corrected chi connectivity index (χ3v) is 3.16. The molecule has 1 aliphatic heterocycles. The van der Waals surface area contributed by atoms with Gasteiger partial charge in [-0.2, -0.15) is 5.10 Å². The van der Waals surface area contributed by atoms with Gasteiger partial charge in [-0.25, -0.2) is 0 Å². The lowest BCUT2D eigenvalue weighted by Crippen LogP contribution is -2.62. The van der Waals surface area contributed by atoms with Gasteiger partial charge >= 0.3 is 0 Å². The van der Waals surface area contributed by atoms with Gasteiger partial charge < -0.3 is 0 Å². The Balaban J connectivity index is 2.27. The first-order valence-corrected chi connectivity index (χ1v) is 5.06. The molecule has 0 radical (unpaired) electrons. The van der Waals surface area contributed by atoms with Crippen LogP contribution >= 0.6 is 0 Å². The molecule has 1 fully saturated rings. The number of carbonyl (C=O) groups excluding carboxylic acids is 1. The van der Waals surface area contributed by atoms with Crippen LogP contribution in [0, 0.1) is 0 Å². The van der Waals surface area contributed by atoms with Gasteiger partial charge in [-0.1, -0.05) is 0 Å². The van der Waals surface area contributed by atoms with Crippen molar-refractivity contribution < 1.29 is 4.79 Å². The number of anilines is 1. The number of aromatic amines is 1. The van der Waals surface area contributed by atoms with E-state index in [9.17, 15) is 4.79 Å². The van der Waals surface area contributed by atoms with E-state index in [1.165, 1.54) is 0 Å². The van der Waals surface area contributed by atoms with E-state index in [0.717, 1.165) is 12.4 Å². The molecule has 1 aromatic rings. The van der Waals surface area contributed by atoms with E-state index in [0.29, 0.717) is 6.54 Å². The van der Waals surface area contributed by atoms with Crippen LogP contribution in [0.2, 0.25) is 0 Å². The van der Waals surface area contributed by atoms with Crippen molar-refractivity contribution in [2.75, 3.05) is 25.0 Å². The first-order valence-electron chi connectivity index (χ1n) is 5.06. The molecule has 0 unspecified atom stereocenters. The monoisotopic (exact) mass is 208 g/mol. The molecule has 1 aromatic heterocycles. The number of hydrogen-bond acceptors (Lipinski definition) is 3. The van der Waals surface area contributed by atoms with Crippen LogP contribution in [0.1, 0.15) is 13.8 Å². The number of aromatic nitrogens is 2. The molecule has 0 bridgehead atoms. The minimum Gasteiger partial charge on any atom is -0.294 e. The lowest BCUT2D eigenvalue weighted by atomic mass is 9.98. The Kier molecular flexibility index (Phi) is 2.26. The second-order valence-electron chi connectivity index (χ2n) is 4.38. The molecule has 1 N–H and O–H groups in total. The van der Waals surface area contributed by atoms with Crippen LogP contribution in [0.3, 0.4) is 0 Å². The quantitative estimate of drug-likeness (QED) is 0.729. The zero-order valence-corrected chi connectivity index (χ0v) is 9.32. The van der Waals surface area contributed by atoms with E-state index in [2.05, 4.69) is 15.1 Å². The van der Waals surface area contributed by atoms with Crippen LogP contribution < -0.4 is 4.90 Å². The number of H-pyrrole nitrogens is 1. The summed E-state index contributed by atoms with van der Waals surface area (Å²) in [5.74, 6) is 0.890. The number of piperazine rings is 1. The van der Waals surface area contributed by atoms with Gasteiger partial charge in [0, 0.05) is 19.2 Å². The van der Waals surface area contributed by atoms with Crippen LogP contribution in [0.15, 0.2) is 12.3 Å². The Labute approximate surface area is 89.1 Å². The minimum atomic E-state index is -0.441. The predicted molar refractivity (Wildman–Crippen MR) is 57.6 cm³/mol. The molecule has 0 atom stereocenters. The van der Waals surface area contributed by atoms with E-state index >= 15 is 0 Å². The maximum atomic E-state index is 12.2. The van der Waals surface area contributed by atoms with E-state index in [1.54, 1.807) is 11.1 Å². The summed E-state index contributed by atoms with van der Waals surface area (Å²) in [5, 5.41) is 6.69. The Bertz CT molecular complexity index is 358. The highest BCUT2D eigenvalue weighted by Gasteiger charge is 2.40. The number of nitrogens with zero attached hydrogens (tertiary/aromatic N) is 3. The molecule has 5 nitrogen and oxygen atoms in total. The fraction of sp³-hybridized carbons (Fsp3) is 0.600. The average molecular weight is 208 g/mol. The lowest BCUT2D eigenvalue weighted by molar-refractivity contribution is -0.130. The number of nitrogens with one attached hydrogen (secondary N) is 1. The number of carbonyl (C=O) groups is 1. The number of likely N-dealkylation sites (N-methyl/N-ethyl adjacent to an activating group) is 1. The second-order valence-corrected chi connectivity index (χ2v) is 4.38. The van der Waals surface area contributed by atoms with Gasteiger partial charge in [0.2, 0.25) is 5.91 Å². The zero-order chi connectivity index (χ0) is 11.1. The van der Waals surface area contributed by atoms with Gasteiger partial charge in [0.15, 0.2) is 0 Å². The molecule has 5 heteroatoms. The van der Waals surface area contributed by atoms with Gasteiger partial charge in [-0.15, -0.1) is 0 Å². The van der Waals surface area contributed by atoms with Crippen LogP contribution in [0.4, 0.5) is 5.82 Å². The van der Waals surface area contributed by atoms with Crippen molar-refractivity contribution in [3.8, 4) is 0 Å². The Morgan fingerprint density at radius 1 is 1.47 bits per heavy atom. The summed E-state index contributed by atoms with van der Waals surface area (Å²) in [6.45, 7) is 5.47. The SMILES string of the molecule is CN1CCN(c2ccn[nH]2)C(=O)C1(C)C. The third kappa shape index (κ3) is 1.52. The van der Waals surface area contributed by atoms with Crippen LogP contribution in [-0.2, 0) is 4.79 Å². The maximum absolute atomic E-state index is 12.2. The third-order valence-electron chi connectivity index (χ3n) is 3.16.